The fourth-order valence-electron chi connectivity index (χ4n) is 2.47. The molecule has 124 valence electrons. The zero-order valence-corrected chi connectivity index (χ0v) is 14.6. The summed E-state index contributed by atoms with van der Waals surface area (Å²) in [7, 11) is 1.56. The number of ether oxygens (including phenoxy) is 2. The lowest BCUT2D eigenvalue weighted by Crippen LogP contribution is -2.20. The smallest absolute Gasteiger partial charge is 0.264 e. The Morgan fingerprint density at radius 2 is 1.96 bits per heavy atom. The van der Waals surface area contributed by atoms with Crippen LogP contribution in [0.4, 0.5) is 5.13 Å². The third-order valence-electron chi connectivity index (χ3n) is 3.49. The Morgan fingerprint density at radius 1 is 1.21 bits per heavy atom. The predicted molar refractivity (Wildman–Crippen MR) is 96.2 cm³/mol. The number of methoxy groups -OCH3 is 1. The number of thiazole rings is 1. The van der Waals surface area contributed by atoms with Crippen molar-refractivity contribution in [2.75, 3.05) is 19.0 Å². The Bertz CT molecular complexity index is 889. The molecule has 1 amide bonds. The van der Waals surface area contributed by atoms with E-state index in [0.717, 1.165) is 21.3 Å². The number of anilines is 1. The lowest BCUT2D eigenvalue weighted by molar-refractivity contribution is -0.118. The van der Waals surface area contributed by atoms with Crippen molar-refractivity contribution in [3.05, 3.63) is 47.5 Å². The maximum Gasteiger partial charge on any atom is 0.264 e. The molecule has 0 saturated heterocycles. The Hall–Kier alpha value is -2.60. The Balaban J connectivity index is 1.68. The maximum absolute atomic E-state index is 12.1. The Morgan fingerprint density at radius 3 is 2.71 bits per heavy atom. The van der Waals surface area contributed by atoms with Crippen molar-refractivity contribution in [1.82, 2.24) is 4.98 Å². The summed E-state index contributed by atoms with van der Waals surface area (Å²) in [5.41, 5.74) is 3.22. The minimum Gasteiger partial charge on any atom is -0.493 e. The van der Waals surface area contributed by atoms with E-state index >= 15 is 0 Å². The largest absolute Gasteiger partial charge is 0.493 e. The van der Waals surface area contributed by atoms with Crippen molar-refractivity contribution in [2.24, 2.45) is 0 Å². The summed E-state index contributed by atoms with van der Waals surface area (Å²) in [6.07, 6.45) is 0. The van der Waals surface area contributed by atoms with Crippen molar-refractivity contribution in [3.8, 4) is 11.5 Å². The van der Waals surface area contributed by atoms with Gasteiger partial charge in [0.15, 0.2) is 23.2 Å². The monoisotopic (exact) mass is 342 g/mol. The van der Waals surface area contributed by atoms with E-state index < -0.39 is 0 Å². The average molecular weight is 342 g/mol. The minimum absolute atomic E-state index is 0.103. The first-order valence-electron chi connectivity index (χ1n) is 7.50. The van der Waals surface area contributed by atoms with Gasteiger partial charge in [-0.3, -0.25) is 10.1 Å². The third kappa shape index (κ3) is 3.49. The van der Waals surface area contributed by atoms with Gasteiger partial charge in [-0.25, -0.2) is 4.98 Å². The van der Waals surface area contributed by atoms with E-state index in [1.807, 2.05) is 32.0 Å². The van der Waals surface area contributed by atoms with Gasteiger partial charge in [-0.1, -0.05) is 29.5 Å². The highest BCUT2D eigenvalue weighted by Crippen LogP contribution is 2.30. The van der Waals surface area contributed by atoms with Crippen LogP contribution >= 0.6 is 11.3 Å². The number of para-hydroxylation sites is 2. The molecule has 2 aromatic carbocycles. The van der Waals surface area contributed by atoms with Crippen LogP contribution < -0.4 is 14.8 Å². The molecule has 0 aliphatic carbocycles. The standard InChI is InChI=1S/C18H18N2O3S/c1-11-8-12(2)17-13(9-11)19-18(24-17)20-16(21)10-23-15-7-5-4-6-14(15)22-3/h4-9H,10H2,1-3H3,(H,19,20,21). The molecule has 0 spiro atoms. The molecule has 0 unspecified atom stereocenters. The molecule has 1 N–H and O–H groups in total. The van der Waals surface area contributed by atoms with Crippen LogP contribution in [0.5, 0.6) is 11.5 Å². The molecule has 24 heavy (non-hydrogen) atoms. The molecular formula is C18H18N2O3S. The molecule has 1 aromatic heterocycles. The first-order chi connectivity index (χ1) is 11.6. The predicted octanol–water partition coefficient (Wildman–Crippen LogP) is 3.94. The molecule has 0 bridgehead atoms. The summed E-state index contributed by atoms with van der Waals surface area (Å²) in [6, 6.07) is 11.3. The Labute approximate surface area is 144 Å². The van der Waals surface area contributed by atoms with Gasteiger partial charge in [0.1, 0.15) is 0 Å². The summed E-state index contributed by atoms with van der Waals surface area (Å²) in [5, 5.41) is 3.36. The van der Waals surface area contributed by atoms with Gasteiger partial charge in [-0.2, -0.15) is 0 Å². The molecule has 6 heteroatoms. The molecule has 0 saturated carbocycles. The van der Waals surface area contributed by atoms with Gasteiger partial charge < -0.3 is 9.47 Å². The van der Waals surface area contributed by atoms with Gasteiger partial charge in [0.25, 0.3) is 5.91 Å². The van der Waals surface area contributed by atoms with Crippen LogP contribution in [0.1, 0.15) is 11.1 Å². The van der Waals surface area contributed by atoms with Gasteiger partial charge in [0.05, 0.1) is 17.3 Å². The van der Waals surface area contributed by atoms with Crippen molar-refractivity contribution >= 4 is 32.6 Å². The average Bonchev–Trinajstić information content (AvgIpc) is 2.95. The van der Waals surface area contributed by atoms with E-state index in [1.54, 1.807) is 19.2 Å². The molecule has 3 rings (SSSR count). The number of amides is 1. The first-order valence-corrected chi connectivity index (χ1v) is 8.32. The van der Waals surface area contributed by atoms with Crippen molar-refractivity contribution in [2.45, 2.75) is 13.8 Å². The maximum atomic E-state index is 12.1. The second-order valence-electron chi connectivity index (χ2n) is 5.44. The number of nitrogens with one attached hydrogen (secondary N) is 1. The summed E-state index contributed by atoms with van der Waals surface area (Å²) in [4.78, 5) is 16.6. The van der Waals surface area contributed by atoms with Crippen molar-refractivity contribution in [1.29, 1.82) is 0 Å². The summed E-state index contributed by atoms with van der Waals surface area (Å²) in [5.74, 6) is 0.872. The number of aryl methyl sites for hydroxylation is 2. The second kappa shape index (κ2) is 6.88. The number of carbonyl (C=O) groups excluding carboxylic acids is 1. The highest BCUT2D eigenvalue weighted by atomic mass is 32.1. The number of aromatic nitrogens is 1. The zero-order chi connectivity index (χ0) is 17.1. The van der Waals surface area contributed by atoms with Crippen LogP contribution in [0.2, 0.25) is 0 Å². The van der Waals surface area contributed by atoms with Crippen LogP contribution in [-0.2, 0) is 4.79 Å². The van der Waals surface area contributed by atoms with Gasteiger partial charge in [-0.05, 0) is 43.2 Å². The van der Waals surface area contributed by atoms with Crippen LogP contribution in [0.25, 0.3) is 10.2 Å². The third-order valence-corrected chi connectivity index (χ3v) is 4.62. The zero-order valence-electron chi connectivity index (χ0n) is 13.8. The molecular weight excluding hydrogens is 324 g/mol. The molecule has 0 radical (unpaired) electrons. The number of benzene rings is 2. The molecule has 0 fully saturated rings. The summed E-state index contributed by atoms with van der Waals surface area (Å²) < 4.78 is 11.8. The molecule has 0 atom stereocenters. The minimum atomic E-state index is -0.255. The Kier molecular flexibility index (Phi) is 4.66. The van der Waals surface area contributed by atoms with Gasteiger partial charge in [0, 0.05) is 0 Å². The van der Waals surface area contributed by atoms with Gasteiger partial charge in [0.2, 0.25) is 0 Å². The van der Waals surface area contributed by atoms with E-state index in [-0.39, 0.29) is 12.5 Å². The van der Waals surface area contributed by atoms with Crippen LogP contribution in [0, 0.1) is 13.8 Å². The lowest BCUT2D eigenvalue weighted by Gasteiger charge is -2.09. The highest BCUT2D eigenvalue weighted by Gasteiger charge is 2.11. The van der Waals surface area contributed by atoms with Crippen LogP contribution in [-0.4, -0.2) is 24.6 Å². The number of rotatable bonds is 5. The molecule has 5 nitrogen and oxygen atoms in total. The second-order valence-corrected chi connectivity index (χ2v) is 6.44. The van der Waals surface area contributed by atoms with E-state index in [4.69, 9.17) is 9.47 Å². The quantitative estimate of drug-likeness (QED) is 0.763. The van der Waals surface area contributed by atoms with Crippen LogP contribution in [0.3, 0.4) is 0 Å². The van der Waals surface area contributed by atoms with Crippen LogP contribution in [0.15, 0.2) is 36.4 Å². The molecule has 0 aliphatic heterocycles. The number of hydrogen-bond acceptors (Lipinski definition) is 5. The van der Waals surface area contributed by atoms with Crippen molar-refractivity contribution < 1.29 is 14.3 Å². The van der Waals surface area contributed by atoms with E-state index in [2.05, 4.69) is 16.4 Å². The normalized spacial score (nSPS) is 10.6. The highest BCUT2D eigenvalue weighted by molar-refractivity contribution is 7.22. The fourth-order valence-corrected chi connectivity index (χ4v) is 3.40. The van der Waals surface area contributed by atoms with E-state index in [9.17, 15) is 4.79 Å². The van der Waals surface area contributed by atoms with Gasteiger partial charge in [-0.15, -0.1) is 0 Å². The van der Waals surface area contributed by atoms with E-state index in [1.165, 1.54) is 11.3 Å². The van der Waals surface area contributed by atoms with Gasteiger partial charge >= 0.3 is 0 Å². The fraction of sp³-hybridized carbons (Fsp3) is 0.222. The molecule has 0 aliphatic rings. The number of carbonyl (C=O) groups is 1. The van der Waals surface area contributed by atoms with Crippen molar-refractivity contribution in [3.63, 3.8) is 0 Å². The number of fused-ring (bicyclic) bond motifs is 1. The molecule has 3 aromatic rings. The summed E-state index contributed by atoms with van der Waals surface area (Å²) in [6.45, 7) is 3.98. The van der Waals surface area contributed by atoms with E-state index in [0.29, 0.717) is 16.6 Å². The first kappa shape index (κ1) is 16.3. The molecule has 1 heterocycles. The summed E-state index contributed by atoms with van der Waals surface area (Å²) >= 11 is 1.47. The number of hydrogen-bond donors (Lipinski definition) is 1. The lowest BCUT2D eigenvalue weighted by atomic mass is 10.1. The topological polar surface area (TPSA) is 60.5 Å². The number of nitrogens with zero attached hydrogens (tertiary/aromatic N) is 1. The SMILES string of the molecule is COc1ccccc1OCC(=O)Nc1nc2cc(C)cc(C)c2s1.